The van der Waals surface area contributed by atoms with E-state index < -0.39 is 59.0 Å². The Labute approximate surface area is 224 Å². The van der Waals surface area contributed by atoms with Crippen LogP contribution in [0.25, 0.3) is 21.7 Å². The zero-order valence-electron chi connectivity index (χ0n) is 21.7. The molecule has 210 valence electrons. The lowest BCUT2D eigenvalue weighted by Crippen LogP contribution is -2.40. The van der Waals surface area contributed by atoms with Crippen molar-refractivity contribution in [2.24, 2.45) is 5.92 Å². The van der Waals surface area contributed by atoms with Crippen molar-refractivity contribution in [3.05, 3.63) is 80.9 Å². The molecule has 0 saturated carbocycles. The lowest BCUT2D eigenvalue weighted by molar-refractivity contribution is -0.193. The monoisotopic (exact) mass is 559 g/mol. The lowest BCUT2D eigenvalue weighted by Gasteiger charge is -2.36. The van der Waals surface area contributed by atoms with Gasteiger partial charge in [0.25, 0.3) is 11.5 Å². The molecule has 0 radical (unpaired) electrons. The molecule has 12 heteroatoms. The van der Waals surface area contributed by atoms with Gasteiger partial charge in [-0.25, -0.2) is 17.6 Å². The molecule has 5 rings (SSSR count). The summed E-state index contributed by atoms with van der Waals surface area (Å²) in [7, 11) is 1.42. The average Bonchev–Trinajstić information content (AvgIpc) is 3.32. The molecule has 0 aliphatic carbocycles. The number of H-pyrrole nitrogens is 2. The minimum absolute atomic E-state index is 0.00251. The maximum atomic E-state index is 14.4. The van der Waals surface area contributed by atoms with Gasteiger partial charge in [0.2, 0.25) is 6.29 Å². The predicted octanol–water partition coefficient (Wildman–Crippen LogP) is 5.39. The number of hydrogen-bond acceptors (Lipinski definition) is 5. The zero-order valence-corrected chi connectivity index (χ0v) is 21.7. The Kier molecular flexibility index (Phi) is 7.13. The van der Waals surface area contributed by atoms with Crippen LogP contribution in [0.3, 0.4) is 0 Å². The minimum Gasteiger partial charge on any atom is -0.429 e. The summed E-state index contributed by atoms with van der Waals surface area (Å²) >= 11 is 0. The average molecular weight is 560 g/mol. The summed E-state index contributed by atoms with van der Waals surface area (Å²) in [4.78, 5) is 45.7. The van der Waals surface area contributed by atoms with Gasteiger partial charge in [0.1, 0.15) is 5.69 Å². The molecule has 0 saturated heterocycles. The molecule has 3 heterocycles. The number of benzene rings is 2. The Morgan fingerprint density at radius 2 is 1.60 bits per heavy atom. The first kappa shape index (κ1) is 27.4. The third-order valence-electron chi connectivity index (χ3n) is 7.33. The number of nitrogens with zero attached hydrogens (tertiary/aromatic N) is 1. The van der Waals surface area contributed by atoms with Crippen LogP contribution in [0.2, 0.25) is 0 Å². The van der Waals surface area contributed by atoms with Crippen molar-refractivity contribution < 1.29 is 36.6 Å². The summed E-state index contributed by atoms with van der Waals surface area (Å²) in [5.74, 6) is -6.23. The summed E-state index contributed by atoms with van der Waals surface area (Å²) in [6, 6.07) is 3.87. The molecule has 2 atom stereocenters. The van der Waals surface area contributed by atoms with E-state index in [1.165, 1.54) is 18.0 Å². The molecule has 2 aromatic heterocycles. The highest BCUT2D eigenvalue weighted by molar-refractivity contribution is 5.98. The van der Waals surface area contributed by atoms with Crippen molar-refractivity contribution in [3.8, 4) is 0 Å². The number of hydrogen-bond donors (Lipinski definition) is 2. The van der Waals surface area contributed by atoms with Crippen LogP contribution in [0, 0.1) is 29.2 Å². The van der Waals surface area contributed by atoms with E-state index in [0.717, 1.165) is 24.3 Å². The molecular weight excluding hydrogens is 534 g/mol. The van der Waals surface area contributed by atoms with Crippen molar-refractivity contribution in [1.82, 2.24) is 14.9 Å². The van der Waals surface area contributed by atoms with Crippen LogP contribution in [-0.2, 0) is 14.3 Å². The minimum atomic E-state index is -1.37. The van der Waals surface area contributed by atoms with Gasteiger partial charge in [-0.15, -0.1) is 0 Å². The number of amides is 1. The Morgan fingerprint density at radius 1 is 0.975 bits per heavy atom. The van der Waals surface area contributed by atoms with Gasteiger partial charge in [-0.05, 0) is 42.5 Å². The number of aromatic nitrogens is 2. The van der Waals surface area contributed by atoms with E-state index in [2.05, 4.69) is 9.97 Å². The predicted molar refractivity (Wildman–Crippen MR) is 136 cm³/mol. The maximum absolute atomic E-state index is 14.4. The van der Waals surface area contributed by atoms with E-state index in [1.807, 2.05) is 13.8 Å². The maximum Gasteiger partial charge on any atom is 0.311 e. The number of ether oxygens (including phenoxy) is 2. The lowest BCUT2D eigenvalue weighted by atomic mass is 9.94. The Hall–Kier alpha value is -4.19. The number of carbonyl (C=O) groups is 2. The van der Waals surface area contributed by atoms with E-state index in [0.29, 0.717) is 12.8 Å². The van der Waals surface area contributed by atoms with E-state index in [4.69, 9.17) is 9.47 Å². The number of aromatic amines is 2. The summed E-state index contributed by atoms with van der Waals surface area (Å²) in [5.41, 5.74) is -0.395. The molecule has 1 aliphatic rings. The highest BCUT2D eigenvalue weighted by Gasteiger charge is 2.38. The van der Waals surface area contributed by atoms with Crippen LogP contribution in [-0.4, -0.2) is 40.4 Å². The number of nitrogens with one attached hydrogen (secondary N) is 2. The second kappa shape index (κ2) is 10.4. The van der Waals surface area contributed by atoms with Crippen molar-refractivity contribution in [2.75, 3.05) is 13.7 Å². The van der Waals surface area contributed by atoms with Crippen molar-refractivity contribution in [3.63, 3.8) is 0 Å². The number of esters is 1. The second-order valence-corrected chi connectivity index (χ2v) is 9.68. The Morgan fingerprint density at radius 3 is 2.27 bits per heavy atom. The number of halogens is 4. The molecule has 4 aromatic rings. The summed E-state index contributed by atoms with van der Waals surface area (Å²) < 4.78 is 67.3. The fourth-order valence-electron chi connectivity index (χ4n) is 5.05. The van der Waals surface area contributed by atoms with Gasteiger partial charge >= 0.3 is 5.97 Å². The highest BCUT2D eigenvalue weighted by atomic mass is 19.2. The van der Waals surface area contributed by atoms with Gasteiger partial charge in [-0.2, -0.15) is 0 Å². The fourth-order valence-corrected chi connectivity index (χ4v) is 5.05. The van der Waals surface area contributed by atoms with Gasteiger partial charge in [-0.1, -0.05) is 13.8 Å². The van der Waals surface area contributed by atoms with E-state index in [1.54, 1.807) is 0 Å². The smallest absolute Gasteiger partial charge is 0.311 e. The fraction of sp³-hybridized carbons (Fsp3) is 0.321. The van der Waals surface area contributed by atoms with Crippen LogP contribution in [0.1, 0.15) is 60.8 Å². The van der Waals surface area contributed by atoms with Crippen molar-refractivity contribution in [1.29, 1.82) is 0 Å². The molecule has 0 spiro atoms. The van der Waals surface area contributed by atoms with E-state index in [9.17, 15) is 31.9 Å². The molecule has 0 bridgehead atoms. The standard InChI is InChI=1S/C28H25F4N3O5/c1-4-12(5-2)27(38)40-28-24-23(14-8-17(30)18(31)9-15(14)25(36)34-24)22(11-39-28)35(3)26(37)21-7-13-6-16(29)19(32)10-20(13)33-21/h6-10,12,22,28,33H,4-5,11H2,1-3H3,(H,34,36)/t22-,28?/m0/s1. The van der Waals surface area contributed by atoms with E-state index >= 15 is 0 Å². The second-order valence-electron chi connectivity index (χ2n) is 9.68. The topological polar surface area (TPSA) is 104 Å². The van der Waals surface area contributed by atoms with Crippen LogP contribution in [0.4, 0.5) is 17.6 Å². The number of likely N-dealkylation sites (N-methyl/N-ethyl adjacent to an activating group) is 1. The van der Waals surface area contributed by atoms with Gasteiger partial charge in [0.15, 0.2) is 23.3 Å². The molecule has 2 N–H and O–H groups in total. The molecule has 8 nitrogen and oxygen atoms in total. The SMILES string of the molecule is CCC(CC)C(=O)OC1OC[C@H](N(C)C(=O)c2cc3cc(F)c(F)cc3[nH]2)c2c1[nH]c(=O)c1cc(F)c(F)cc21. The Bertz CT molecular complexity index is 1670. The van der Waals surface area contributed by atoms with Crippen molar-refractivity contribution >= 4 is 33.6 Å². The molecule has 0 fully saturated rings. The Balaban J connectivity index is 1.61. The number of fused-ring (bicyclic) bond motifs is 4. The first-order chi connectivity index (χ1) is 19.0. The summed E-state index contributed by atoms with van der Waals surface area (Å²) in [6.45, 7) is 3.40. The molecular formula is C28H25F4N3O5. The zero-order chi connectivity index (χ0) is 28.9. The van der Waals surface area contributed by atoms with Gasteiger partial charge < -0.3 is 24.3 Å². The largest absolute Gasteiger partial charge is 0.429 e. The quantitative estimate of drug-likeness (QED) is 0.244. The van der Waals surface area contributed by atoms with Crippen LogP contribution in [0.15, 0.2) is 35.1 Å². The number of pyridine rings is 1. The molecule has 1 amide bonds. The number of carbonyl (C=O) groups excluding carboxylic acids is 2. The van der Waals surface area contributed by atoms with E-state index in [-0.39, 0.29) is 45.2 Å². The first-order valence-electron chi connectivity index (χ1n) is 12.7. The van der Waals surface area contributed by atoms with Crippen LogP contribution >= 0.6 is 0 Å². The highest BCUT2D eigenvalue weighted by Crippen LogP contribution is 2.39. The van der Waals surface area contributed by atoms with Gasteiger partial charge in [0, 0.05) is 29.6 Å². The summed E-state index contributed by atoms with van der Waals surface area (Å²) in [6.07, 6.45) is -0.357. The molecule has 1 aliphatic heterocycles. The van der Waals surface area contributed by atoms with Crippen LogP contribution in [0.5, 0.6) is 0 Å². The molecule has 2 aromatic carbocycles. The van der Waals surface area contributed by atoms with Crippen molar-refractivity contribution in [2.45, 2.75) is 39.0 Å². The molecule has 40 heavy (non-hydrogen) atoms. The van der Waals surface area contributed by atoms with Crippen LogP contribution < -0.4 is 5.56 Å². The normalized spacial score (nSPS) is 16.9. The van der Waals surface area contributed by atoms with Gasteiger partial charge in [-0.3, -0.25) is 14.4 Å². The third kappa shape index (κ3) is 4.61. The first-order valence-corrected chi connectivity index (χ1v) is 12.7. The third-order valence-corrected chi connectivity index (χ3v) is 7.33. The number of rotatable bonds is 6. The molecule has 1 unspecified atom stereocenters. The van der Waals surface area contributed by atoms with Gasteiger partial charge in [0.05, 0.1) is 29.6 Å². The summed E-state index contributed by atoms with van der Waals surface area (Å²) in [5, 5.41) is 0.0960.